The van der Waals surface area contributed by atoms with Crippen LogP contribution in [0, 0.1) is 5.82 Å². The van der Waals surface area contributed by atoms with Crippen LogP contribution in [0.3, 0.4) is 0 Å². The number of carbonyl (C=O) groups is 3. The lowest BCUT2D eigenvalue weighted by atomic mass is 10.1. The maximum atomic E-state index is 15.3. The number of hydrogen-bond donors (Lipinski definition) is 3. The molecule has 1 saturated carbocycles. The molecule has 0 spiro atoms. The van der Waals surface area contributed by atoms with Gasteiger partial charge in [0.15, 0.2) is 0 Å². The van der Waals surface area contributed by atoms with Gasteiger partial charge in [0.1, 0.15) is 21.4 Å². The molecule has 210 valence electrons. The Morgan fingerprint density at radius 1 is 1.18 bits per heavy atom. The maximum Gasteiger partial charge on any atom is 0.352 e. The van der Waals surface area contributed by atoms with Crippen LogP contribution in [0.5, 0.6) is 0 Å². The normalized spacial score (nSPS) is 22.4. The van der Waals surface area contributed by atoms with Gasteiger partial charge in [-0.25, -0.2) is 14.0 Å². The molecule has 40 heavy (non-hydrogen) atoms. The molecule has 10 nitrogen and oxygen atoms in total. The van der Waals surface area contributed by atoms with Gasteiger partial charge in [0.05, 0.1) is 23.0 Å². The molecule has 3 aliphatic heterocycles. The number of amides is 1. The van der Waals surface area contributed by atoms with Crippen molar-refractivity contribution in [3.8, 4) is 0 Å². The van der Waals surface area contributed by atoms with Crippen LogP contribution in [-0.4, -0.2) is 77.9 Å². The van der Waals surface area contributed by atoms with E-state index in [0.29, 0.717) is 58.5 Å². The number of carboxylic acids is 2. The van der Waals surface area contributed by atoms with Crippen molar-refractivity contribution in [2.75, 3.05) is 29.5 Å². The molecule has 3 fully saturated rings. The third-order valence-corrected chi connectivity index (χ3v) is 10.3. The molecule has 14 heteroatoms. The van der Waals surface area contributed by atoms with E-state index in [9.17, 15) is 29.4 Å². The van der Waals surface area contributed by atoms with E-state index < -0.39 is 23.2 Å². The Morgan fingerprint density at radius 2 is 1.95 bits per heavy atom. The summed E-state index contributed by atoms with van der Waals surface area (Å²) in [7, 11) is 0. The lowest BCUT2D eigenvalue weighted by Gasteiger charge is -2.44. The first-order valence-electron chi connectivity index (χ1n) is 12.8. The van der Waals surface area contributed by atoms with Crippen LogP contribution in [0.25, 0.3) is 10.9 Å². The minimum absolute atomic E-state index is 0.0571. The van der Waals surface area contributed by atoms with Crippen molar-refractivity contribution in [1.82, 2.24) is 14.8 Å². The van der Waals surface area contributed by atoms with Gasteiger partial charge >= 0.3 is 11.9 Å². The van der Waals surface area contributed by atoms with Gasteiger partial charge in [-0.05, 0) is 37.0 Å². The second kappa shape index (κ2) is 10.4. The molecular weight excluding hydrogens is 580 g/mol. The highest BCUT2D eigenvalue weighted by atomic mass is 32.2. The van der Waals surface area contributed by atoms with Crippen molar-refractivity contribution < 1.29 is 29.0 Å². The average molecular weight is 605 g/mol. The van der Waals surface area contributed by atoms with Gasteiger partial charge in [0.25, 0.3) is 0 Å². The number of thiocarbonyl (C=S) groups is 1. The van der Waals surface area contributed by atoms with Crippen molar-refractivity contribution in [2.24, 2.45) is 0 Å². The molecular formula is C26H25FN4O6S3. The summed E-state index contributed by atoms with van der Waals surface area (Å²) in [6.07, 6.45) is 4.15. The molecule has 0 radical (unpaired) electrons. The number of pyridine rings is 1. The second-order valence-corrected chi connectivity index (χ2v) is 13.1. The summed E-state index contributed by atoms with van der Waals surface area (Å²) in [4.78, 5) is 51.4. The molecule has 1 amide bonds. The number of fused-ring (bicyclic) bond motifs is 2. The summed E-state index contributed by atoms with van der Waals surface area (Å²) in [5, 5.41) is 22.4. The molecule has 2 atom stereocenters. The van der Waals surface area contributed by atoms with Crippen LogP contribution in [0.4, 0.5) is 10.1 Å². The smallest absolute Gasteiger partial charge is 0.352 e. The van der Waals surface area contributed by atoms with E-state index in [0.717, 1.165) is 18.9 Å². The Morgan fingerprint density at radius 3 is 2.62 bits per heavy atom. The van der Waals surface area contributed by atoms with Gasteiger partial charge in [-0.2, -0.15) is 0 Å². The van der Waals surface area contributed by atoms with Gasteiger partial charge < -0.3 is 25.0 Å². The number of anilines is 1. The Balaban J connectivity index is 1.15. The summed E-state index contributed by atoms with van der Waals surface area (Å²) in [5.41, 5.74) is 0.532. The third kappa shape index (κ3) is 4.85. The molecule has 2 unspecified atom stereocenters. The van der Waals surface area contributed by atoms with E-state index in [2.05, 4.69) is 5.32 Å². The van der Waals surface area contributed by atoms with Gasteiger partial charge in [-0.1, -0.05) is 24.0 Å². The van der Waals surface area contributed by atoms with E-state index in [1.54, 1.807) is 22.4 Å². The first kappa shape index (κ1) is 27.1. The molecule has 2 aromatic rings. The van der Waals surface area contributed by atoms with E-state index in [1.165, 1.54) is 22.9 Å². The van der Waals surface area contributed by atoms with Gasteiger partial charge in [-0.3, -0.25) is 14.5 Å². The highest BCUT2D eigenvalue weighted by Gasteiger charge is 2.45. The Kier molecular flexibility index (Phi) is 7.03. The first-order chi connectivity index (χ1) is 19.1. The van der Waals surface area contributed by atoms with Crippen molar-refractivity contribution in [2.45, 2.75) is 43.1 Å². The number of carboxylic acid groups (broad SMARTS) is 2. The van der Waals surface area contributed by atoms with Crippen LogP contribution in [0.2, 0.25) is 0 Å². The van der Waals surface area contributed by atoms with Crippen LogP contribution >= 0.6 is 35.7 Å². The fourth-order valence-corrected chi connectivity index (χ4v) is 7.99. The SMILES string of the molecule is O=C(O)C1=C(CSC(=S)NC2CCN(c3cc4c(cc3F)c(=O)c(C(=O)O)cn4C3CC3)C2)CSC2CC(=O)N12. The number of rotatable bonds is 7. The summed E-state index contributed by atoms with van der Waals surface area (Å²) in [6, 6.07) is 2.80. The summed E-state index contributed by atoms with van der Waals surface area (Å²) in [6.45, 7) is 1.02. The number of nitrogens with one attached hydrogen (secondary N) is 1. The standard InChI is InChI=1S/C26H25FN4O6S3/c27-17-5-15-18(30(14-1-2-14)9-16(23(15)33)24(34)35)6-19(17)29-4-3-13(8-29)28-26(38)40-11-12-10-39-21-7-20(32)31(21)22(12)25(36)37/h5-6,9,13-14,21H,1-4,7-8,10-11H2,(H,28,38)(H,34,35)(H,36,37). The quantitative estimate of drug-likeness (QED) is 0.318. The van der Waals surface area contributed by atoms with E-state index in [4.69, 9.17) is 12.2 Å². The highest BCUT2D eigenvalue weighted by Crippen LogP contribution is 2.41. The zero-order valence-electron chi connectivity index (χ0n) is 21.1. The van der Waals surface area contributed by atoms with Crippen molar-refractivity contribution in [3.63, 3.8) is 0 Å². The molecule has 3 N–H and O–H groups in total. The lowest BCUT2D eigenvalue weighted by Crippen LogP contribution is -2.54. The fraction of sp³-hybridized carbons (Fsp3) is 0.423. The zero-order chi connectivity index (χ0) is 28.3. The third-order valence-electron chi connectivity index (χ3n) is 7.63. The van der Waals surface area contributed by atoms with Crippen LogP contribution < -0.4 is 15.6 Å². The summed E-state index contributed by atoms with van der Waals surface area (Å²) in [5.74, 6) is -2.32. The first-order valence-corrected chi connectivity index (χ1v) is 15.3. The van der Waals surface area contributed by atoms with E-state index >= 15 is 4.39 Å². The zero-order valence-corrected chi connectivity index (χ0v) is 23.5. The van der Waals surface area contributed by atoms with Gasteiger partial charge in [0.2, 0.25) is 11.3 Å². The Hall–Kier alpha value is -3.10. The van der Waals surface area contributed by atoms with Gasteiger partial charge in [0, 0.05) is 48.3 Å². The molecule has 1 aromatic heterocycles. The minimum Gasteiger partial charge on any atom is -0.477 e. The van der Waals surface area contributed by atoms with Crippen LogP contribution in [-0.2, 0) is 9.59 Å². The maximum absolute atomic E-state index is 15.3. The topological polar surface area (TPSA) is 132 Å². The summed E-state index contributed by atoms with van der Waals surface area (Å²) >= 11 is 8.38. The summed E-state index contributed by atoms with van der Waals surface area (Å²) < 4.78 is 17.5. The molecule has 1 aliphatic carbocycles. The number of aromatic carboxylic acids is 1. The highest BCUT2D eigenvalue weighted by molar-refractivity contribution is 8.23. The number of aliphatic carboxylic acids is 1. The fourth-order valence-electron chi connectivity index (χ4n) is 5.46. The molecule has 0 bridgehead atoms. The second-order valence-electron chi connectivity index (χ2n) is 10.3. The van der Waals surface area contributed by atoms with Gasteiger partial charge in [-0.15, -0.1) is 11.8 Å². The number of β-lactam (4-membered cyclic amide) rings is 1. The van der Waals surface area contributed by atoms with E-state index in [1.807, 2.05) is 4.90 Å². The number of benzene rings is 1. The molecule has 6 rings (SSSR count). The molecule has 4 aliphatic rings. The predicted octanol–water partition coefficient (Wildman–Crippen LogP) is 3.00. The number of halogens is 1. The predicted molar refractivity (Wildman–Crippen MR) is 155 cm³/mol. The average Bonchev–Trinajstić information content (AvgIpc) is 3.65. The lowest BCUT2D eigenvalue weighted by molar-refractivity contribution is -0.146. The van der Waals surface area contributed by atoms with Crippen LogP contribution in [0.15, 0.2) is 34.4 Å². The molecule has 1 aromatic carbocycles. The van der Waals surface area contributed by atoms with E-state index in [-0.39, 0.29) is 40.0 Å². The van der Waals surface area contributed by atoms with Crippen molar-refractivity contribution >= 4 is 74.5 Å². The number of thioether (sulfide) groups is 2. The number of carbonyl (C=O) groups excluding carboxylic acids is 1. The van der Waals surface area contributed by atoms with Crippen molar-refractivity contribution in [1.29, 1.82) is 0 Å². The molecule has 2 saturated heterocycles. The Bertz CT molecular complexity index is 1570. The Labute approximate surface area is 241 Å². The van der Waals surface area contributed by atoms with Crippen LogP contribution in [0.1, 0.15) is 42.1 Å². The number of nitrogens with zero attached hydrogens (tertiary/aromatic N) is 3. The van der Waals surface area contributed by atoms with Crippen molar-refractivity contribution in [3.05, 3.63) is 51.2 Å². The molecule has 4 heterocycles. The minimum atomic E-state index is -1.33. The number of hydrogen-bond acceptors (Lipinski definition) is 8. The number of aromatic nitrogens is 1. The largest absolute Gasteiger partial charge is 0.477 e. The monoisotopic (exact) mass is 604 g/mol.